The van der Waals surface area contributed by atoms with Crippen molar-refractivity contribution in [3.05, 3.63) is 96.7 Å². The average molecular weight is 601 g/mol. The number of nitrogens with one attached hydrogen (secondary N) is 1. The molecule has 2 aliphatic heterocycles. The van der Waals surface area contributed by atoms with Crippen LogP contribution < -0.4 is 10.1 Å². The minimum atomic E-state index is -4.07. The Morgan fingerprint density at radius 1 is 1.00 bits per heavy atom. The molecule has 3 heterocycles. The maximum atomic E-state index is 14.0. The van der Waals surface area contributed by atoms with Crippen molar-refractivity contribution in [2.75, 3.05) is 13.1 Å². The number of aromatic hydroxyl groups is 1. The average Bonchev–Trinajstić information content (AvgIpc) is 3.59. The number of aromatic nitrogens is 1. The molecule has 43 heavy (non-hydrogen) atoms. The van der Waals surface area contributed by atoms with E-state index in [0.29, 0.717) is 11.3 Å². The Labute approximate surface area is 247 Å². The molecule has 0 spiro atoms. The number of phenolic OH excluding ortho intramolecular Hbond substituents is 1. The molecule has 1 aromatic heterocycles. The van der Waals surface area contributed by atoms with Crippen molar-refractivity contribution in [1.82, 2.24) is 19.5 Å². The molecule has 3 atom stereocenters. The first kappa shape index (κ1) is 28.3. The van der Waals surface area contributed by atoms with Crippen LogP contribution in [0.2, 0.25) is 0 Å². The Bertz CT molecular complexity index is 1790. The number of rotatable bonds is 7. The van der Waals surface area contributed by atoms with Crippen LogP contribution in [-0.4, -0.2) is 76.7 Å². The van der Waals surface area contributed by atoms with Crippen LogP contribution in [0.3, 0.4) is 0 Å². The van der Waals surface area contributed by atoms with Crippen molar-refractivity contribution >= 4 is 38.6 Å². The molecule has 2 saturated heterocycles. The van der Waals surface area contributed by atoms with Crippen LogP contribution in [-0.2, 0) is 26.0 Å². The summed E-state index contributed by atoms with van der Waals surface area (Å²) in [5.41, 5.74) is 0.648. The lowest BCUT2D eigenvalue weighted by atomic mass is 10.0. The highest BCUT2D eigenvalue weighted by Gasteiger charge is 2.54. The molecule has 6 rings (SSSR count). The number of phenols is 1. The fourth-order valence-electron chi connectivity index (χ4n) is 5.78. The number of ether oxygens (including phenoxy) is 1. The Hall–Kier alpha value is -4.81. The van der Waals surface area contributed by atoms with Gasteiger partial charge in [-0.1, -0.05) is 54.6 Å². The standard InChI is InChI=1S/C31H28N4O7S/c36-22-13-11-20(12-14-22)18-24(33-31(39)42-27-9-5-7-21-6-1-2-8-23(21)27)30(38)34-17-15-25-29(34)26(37)19-35(25)43(40,41)28-10-3-4-16-32-28/h1-14,16,24-25,29,36H,15,17-19H2,(H,33,39). The number of Topliss-reactive ketones (excluding diaryl/α,β-unsaturated/α-hetero) is 1. The summed E-state index contributed by atoms with van der Waals surface area (Å²) < 4.78 is 33.4. The molecule has 2 aliphatic rings. The lowest BCUT2D eigenvalue weighted by Gasteiger charge is -2.28. The minimum Gasteiger partial charge on any atom is -0.508 e. The van der Waals surface area contributed by atoms with Crippen molar-refractivity contribution in [3.8, 4) is 11.5 Å². The predicted molar refractivity (Wildman–Crippen MR) is 156 cm³/mol. The zero-order chi connectivity index (χ0) is 30.1. The SMILES string of the molecule is O=C(NC(Cc1ccc(O)cc1)C(=O)N1CCC2C1C(=O)CN2S(=O)(=O)c1ccccn1)Oc1cccc2ccccc12. The maximum Gasteiger partial charge on any atom is 0.413 e. The number of amides is 2. The van der Waals surface area contributed by atoms with E-state index in [9.17, 15) is 27.9 Å². The molecule has 4 aromatic rings. The van der Waals surface area contributed by atoms with Crippen molar-refractivity contribution in [2.24, 2.45) is 0 Å². The van der Waals surface area contributed by atoms with E-state index in [1.54, 1.807) is 36.4 Å². The topological polar surface area (TPSA) is 146 Å². The third kappa shape index (κ3) is 5.54. The maximum absolute atomic E-state index is 14.0. The number of hydrogen-bond donors (Lipinski definition) is 2. The van der Waals surface area contributed by atoms with Gasteiger partial charge in [0, 0.05) is 24.5 Å². The number of carbonyl (C=O) groups is 3. The van der Waals surface area contributed by atoms with Gasteiger partial charge in [0.05, 0.1) is 12.6 Å². The van der Waals surface area contributed by atoms with Gasteiger partial charge in [0.2, 0.25) is 5.91 Å². The van der Waals surface area contributed by atoms with Gasteiger partial charge in [0.15, 0.2) is 10.8 Å². The molecule has 220 valence electrons. The summed E-state index contributed by atoms with van der Waals surface area (Å²) >= 11 is 0. The first-order chi connectivity index (χ1) is 20.7. The van der Waals surface area contributed by atoms with Gasteiger partial charge in [-0.15, -0.1) is 0 Å². The number of benzene rings is 3. The number of pyridine rings is 1. The summed E-state index contributed by atoms with van der Waals surface area (Å²) in [4.78, 5) is 45.7. The van der Waals surface area contributed by atoms with E-state index in [2.05, 4.69) is 10.3 Å². The van der Waals surface area contributed by atoms with E-state index in [1.807, 2.05) is 30.3 Å². The summed E-state index contributed by atoms with van der Waals surface area (Å²) in [5, 5.41) is 13.8. The quantitative estimate of drug-likeness (QED) is 0.329. The molecule has 0 radical (unpaired) electrons. The van der Waals surface area contributed by atoms with Gasteiger partial charge in [-0.25, -0.2) is 18.2 Å². The molecular formula is C31H28N4O7S. The molecule has 2 fully saturated rings. The molecule has 2 amide bonds. The summed E-state index contributed by atoms with van der Waals surface area (Å²) in [5.74, 6) is -0.588. The van der Waals surface area contributed by atoms with Crippen LogP contribution in [0.1, 0.15) is 12.0 Å². The molecule has 12 heteroatoms. The predicted octanol–water partition coefficient (Wildman–Crippen LogP) is 2.88. The normalized spacial score (nSPS) is 19.3. The highest BCUT2D eigenvalue weighted by Crippen LogP contribution is 2.34. The summed E-state index contributed by atoms with van der Waals surface area (Å²) in [6.45, 7) is -0.253. The molecule has 2 N–H and O–H groups in total. The van der Waals surface area contributed by atoms with Gasteiger partial charge in [0.1, 0.15) is 23.6 Å². The third-order valence-corrected chi connectivity index (χ3v) is 9.58. The van der Waals surface area contributed by atoms with E-state index in [0.717, 1.165) is 15.1 Å². The van der Waals surface area contributed by atoms with E-state index < -0.39 is 45.9 Å². The molecule has 0 bridgehead atoms. The van der Waals surface area contributed by atoms with Gasteiger partial charge in [-0.3, -0.25) is 9.59 Å². The lowest BCUT2D eigenvalue weighted by molar-refractivity contribution is -0.138. The summed E-state index contributed by atoms with van der Waals surface area (Å²) in [7, 11) is -4.07. The number of likely N-dealkylation sites (tertiary alicyclic amines) is 1. The van der Waals surface area contributed by atoms with Crippen molar-refractivity contribution in [2.45, 2.75) is 36.0 Å². The van der Waals surface area contributed by atoms with Gasteiger partial charge in [-0.05, 0) is 47.7 Å². The number of nitrogens with zero attached hydrogens (tertiary/aromatic N) is 3. The first-order valence-electron chi connectivity index (χ1n) is 13.7. The molecule has 0 saturated carbocycles. The highest BCUT2D eigenvalue weighted by molar-refractivity contribution is 7.89. The van der Waals surface area contributed by atoms with Crippen molar-refractivity contribution in [3.63, 3.8) is 0 Å². The molecule has 3 unspecified atom stereocenters. The van der Waals surface area contributed by atoms with E-state index in [-0.39, 0.29) is 36.7 Å². The Morgan fingerprint density at radius 2 is 1.74 bits per heavy atom. The summed E-state index contributed by atoms with van der Waals surface area (Å²) in [6.07, 6.45) is 0.799. The van der Waals surface area contributed by atoms with Crippen LogP contribution in [0.5, 0.6) is 11.5 Å². The van der Waals surface area contributed by atoms with E-state index >= 15 is 0 Å². The third-order valence-electron chi connectivity index (χ3n) is 7.79. The Kier molecular flexibility index (Phi) is 7.55. The first-order valence-corrected chi connectivity index (χ1v) is 15.2. The van der Waals surface area contributed by atoms with Crippen LogP contribution >= 0.6 is 0 Å². The Balaban J connectivity index is 1.25. The zero-order valence-electron chi connectivity index (χ0n) is 22.9. The molecule has 3 aromatic carbocycles. The number of ketones is 1. The zero-order valence-corrected chi connectivity index (χ0v) is 23.7. The second-order valence-electron chi connectivity index (χ2n) is 10.5. The van der Waals surface area contributed by atoms with Crippen LogP contribution in [0.4, 0.5) is 4.79 Å². The fourth-order valence-corrected chi connectivity index (χ4v) is 7.34. The van der Waals surface area contributed by atoms with E-state index in [1.165, 1.54) is 29.3 Å². The number of fused-ring (bicyclic) bond motifs is 2. The smallest absolute Gasteiger partial charge is 0.413 e. The number of carbonyl (C=O) groups excluding carboxylic acids is 3. The fraction of sp³-hybridized carbons (Fsp3) is 0.226. The second-order valence-corrected chi connectivity index (χ2v) is 12.3. The van der Waals surface area contributed by atoms with Crippen LogP contribution in [0.15, 0.2) is 96.2 Å². The Morgan fingerprint density at radius 3 is 2.51 bits per heavy atom. The largest absolute Gasteiger partial charge is 0.508 e. The van der Waals surface area contributed by atoms with Crippen molar-refractivity contribution < 1.29 is 32.6 Å². The van der Waals surface area contributed by atoms with Crippen LogP contribution in [0, 0.1) is 0 Å². The molecule has 0 aliphatic carbocycles. The minimum absolute atomic E-state index is 0.0434. The summed E-state index contributed by atoms with van der Waals surface area (Å²) in [6, 6.07) is 20.5. The molecular weight excluding hydrogens is 572 g/mol. The van der Waals surface area contributed by atoms with Gasteiger partial charge < -0.3 is 20.1 Å². The van der Waals surface area contributed by atoms with Gasteiger partial charge in [-0.2, -0.15) is 4.31 Å². The number of sulfonamides is 1. The van der Waals surface area contributed by atoms with E-state index in [4.69, 9.17) is 4.74 Å². The van der Waals surface area contributed by atoms with Crippen molar-refractivity contribution in [1.29, 1.82) is 0 Å². The number of hydrogen-bond acceptors (Lipinski definition) is 8. The molecule has 11 nitrogen and oxygen atoms in total. The van der Waals surface area contributed by atoms with Gasteiger partial charge in [0.25, 0.3) is 10.0 Å². The monoisotopic (exact) mass is 600 g/mol. The second kappa shape index (κ2) is 11.5. The van der Waals surface area contributed by atoms with Crippen LogP contribution in [0.25, 0.3) is 10.8 Å². The highest BCUT2D eigenvalue weighted by atomic mass is 32.2. The van der Waals surface area contributed by atoms with Gasteiger partial charge >= 0.3 is 6.09 Å². The lowest BCUT2D eigenvalue weighted by Crippen LogP contribution is -2.53.